The fourth-order valence-corrected chi connectivity index (χ4v) is 3.74. The molecule has 0 bridgehead atoms. The summed E-state index contributed by atoms with van der Waals surface area (Å²) in [5.41, 5.74) is 1.27. The SMILES string of the molecule is O=P(O)(c1ccccc1)c1nccn1Cc1ccccc1.[Na+]. The van der Waals surface area contributed by atoms with Gasteiger partial charge in [-0.3, -0.25) is 4.57 Å². The quantitative estimate of drug-likeness (QED) is 0.503. The zero-order valence-electron chi connectivity index (χ0n) is 12.3. The molecule has 0 radical (unpaired) electrons. The van der Waals surface area contributed by atoms with E-state index in [1.807, 2.05) is 36.4 Å². The number of aromatic nitrogens is 2. The van der Waals surface area contributed by atoms with Gasteiger partial charge in [-0.15, -0.1) is 0 Å². The Kier molecular flexibility index (Phi) is 5.79. The molecule has 22 heavy (non-hydrogen) atoms. The van der Waals surface area contributed by atoms with E-state index in [-0.39, 0.29) is 35.1 Å². The van der Waals surface area contributed by atoms with Gasteiger partial charge in [-0.05, 0) is 17.7 Å². The molecule has 0 spiro atoms. The first-order valence-electron chi connectivity index (χ1n) is 6.62. The molecule has 106 valence electrons. The van der Waals surface area contributed by atoms with E-state index in [2.05, 4.69) is 4.98 Å². The van der Waals surface area contributed by atoms with Crippen LogP contribution in [0.15, 0.2) is 73.1 Å². The van der Waals surface area contributed by atoms with Crippen molar-refractivity contribution >= 4 is 18.2 Å². The Morgan fingerprint density at radius 2 is 1.59 bits per heavy atom. The van der Waals surface area contributed by atoms with Gasteiger partial charge in [0.25, 0.3) is 7.37 Å². The van der Waals surface area contributed by atoms with Crippen molar-refractivity contribution in [3.63, 3.8) is 0 Å². The van der Waals surface area contributed by atoms with Gasteiger partial charge in [0.05, 0.1) is 0 Å². The molecule has 1 aromatic heterocycles. The van der Waals surface area contributed by atoms with Crippen LogP contribution in [0.1, 0.15) is 5.56 Å². The summed E-state index contributed by atoms with van der Waals surface area (Å²) in [5.74, 6) is 0. The van der Waals surface area contributed by atoms with Crippen molar-refractivity contribution in [2.24, 2.45) is 0 Å². The summed E-state index contributed by atoms with van der Waals surface area (Å²) in [6.45, 7) is 0.521. The van der Waals surface area contributed by atoms with Crippen LogP contribution >= 0.6 is 7.37 Å². The molecule has 3 rings (SSSR count). The number of hydrogen-bond acceptors (Lipinski definition) is 2. The van der Waals surface area contributed by atoms with Crippen LogP contribution in [-0.4, -0.2) is 14.4 Å². The summed E-state index contributed by atoms with van der Waals surface area (Å²) in [5, 5.41) is 0.394. The minimum atomic E-state index is -3.67. The first-order valence-corrected chi connectivity index (χ1v) is 8.28. The summed E-state index contributed by atoms with van der Waals surface area (Å²) in [6.07, 6.45) is 3.29. The molecule has 2 aromatic carbocycles. The van der Waals surface area contributed by atoms with Gasteiger partial charge in [-0.2, -0.15) is 0 Å². The third kappa shape index (κ3) is 3.60. The van der Waals surface area contributed by atoms with E-state index in [9.17, 15) is 9.46 Å². The predicted molar refractivity (Wildman–Crippen MR) is 83.3 cm³/mol. The first kappa shape index (κ1) is 17.2. The molecule has 0 aliphatic heterocycles. The van der Waals surface area contributed by atoms with Crippen molar-refractivity contribution in [3.05, 3.63) is 78.6 Å². The number of hydrogen-bond donors (Lipinski definition) is 1. The van der Waals surface area contributed by atoms with E-state index >= 15 is 0 Å². The maximum Gasteiger partial charge on any atom is 1.00 e. The molecule has 1 unspecified atom stereocenters. The molecule has 4 nitrogen and oxygen atoms in total. The van der Waals surface area contributed by atoms with Gasteiger partial charge in [-0.25, -0.2) is 4.98 Å². The Hall–Kier alpha value is -1.16. The monoisotopic (exact) mass is 321 g/mol. The summed E-state index contributed by atoms with van der Waals surface area (Å²) < 4.78 is 14.5. The average Bonchev–Trinajstić information content (AvgIpc) is 2.98. The molecular weight excluding hydrogens is 306 g/mol. The molecule has 0 saturated carbocycles. The minimum absolute atomic E-state index is 0. The van der Waals surface area contributed by atoms with Crippen molar-refractivity contribution in [3.8, 4) is 0 Å². The fourth-order valence-electron chi connectivity index (χ4n) is 2.22. The molecule has 1 heterocycles. The van der Waals surface area contributed by atoms with Gasteiger partial charge in [0.1, 0.15) is 0 Å². The van der Waals surface area contributed by atoms with Gasteiger partial charge in [0.2, 0.25) is 5.57 Å². The van der Waals surface area contributed by atoms with Crippen LogP contribution in [0.5, 0.6) is 0 Å². The second-order valence-electron chi connectivity index (χ2n) is 4.75. The zero-order chi connectivity index (χ0) is 14.7. The normalized spacial score (nSPS) is 13.1. The van der Waals surface area contributed by atoms with E-state index in [1.54, 1.807) is 41.2 Å². The van der Waals surface area contributed by atoms with E-state index in [1.165, 1.54) is 0 Å². The van der Waals surface area contributed by atoms with Crippen molar-refractivity contribution in [1.29, 1.82) is 0 Å². The number of rotatable bonds is 4. The smallest absolute Gasteiger partial charge is 0.336 e. The van der Waals surface area contributed by atoms with Crippen LogP contribution in [0.4, 0.5) is 0 Å². The third-order valence-corrected chi connectivity index (χ3v) is 5.18. The minimum Gasteiger partial charge on any atom is -0.336 e. The predicted octanol–water partition coefficient (Wildman–Crippen LogP) is -0.843. The Labute approximate surface area is 151 Å². The summed E-state index contributed by atoms with van der Waals surface area (Å²) in [4.78, 5) is 14.6. The van der Waals surface area contributed by atoms with Gasteiger partial charge in [0.15, 0.2) is 0 Å². The van der Waals surface area contributed by atoms with Crippen molar-refractivity contribution in [2.75, 3.05) is 0 Å². The average molecular weight is 321 g/mol. The summed E-state index contributed by atoms with van der Waals surface area (Å²) in [6, 6.07) is 18.4. The van der Waals surface area contributed by atoms with Gasteiger partial charge in [0, 0.05) is 24.2 Å². The largest absolute Gasteiger partial charge is 1.00 e. The van der Waals surface area contributed by atoms with Crippen molar-refractivity contribution in [1.82, 2.24) is 9.55 Å². The molecular formula is C16H15N2NaO2P+. The maximum atomic E-state index is 12.8. The second kappa shape index (κ2) is 7.40. The number of benzene rings is 2. The van der Waals surface area contributed by atoms with Crippen LogP contribution < -0.4 is 40.4 Å². The van der Waals surface area contributed by atoms with Crippen LogP contribution in [0.2, 0.25) is 0 Å². The maximum absolute atomic E-state index is 12.8. The van der Waals surface area contributed by atoms with E-state index in [0.717, 1.165) is 5.56 Å². The van der Waals surface area contributed by atoms with Crippen molar-refractivity contribution < 1.29 is 39.0 Å². The zero-order valence-corrected chi connectivity index (χ0v) is 15.2. The standard InChI is InChI=1S/C16H15N2O2P.Na/c19-21(20,15-9-5-2-6-10-15)16-17-11-12-18(16)13-14-7-3-1-4-8-14;/h1-12H,13H2,(H,19,20);/q;+1. The number of nitrogens with zero attached hydrogens (tertiary/aromatic N) is 2. The number of imidazole rings is 1. The van der Waals surface area contributed by atoms with Crippen LogP contribution in [0, 0.1) is 0 Å². The van der Waals surface area contributed by atoms with E-state index in [4.69, 9.17) is 0 Å². The Bertz CT molecular complexity index is 775. The van der Waals surface area contributed by atoms with E-state index in [0.29, 0.717) is 11.8 Å². The topological polar surface area (TPSA) is 55.1 Å². The first-order chi connectivity index (χ1) is 10.2. The van der Waals surface area contributed by atoms with Crippen LogP contribution in [0.3, 0.4) is 0 Å². The van der Waals surface area contributed by atoms with E-state index < -0.39 is 7.37 Å². The second-order valence-corrected chi connectivity index (χ2v) is 6.82. The molecule has 0 amide bonds. The fraction of sp³-hybridized carbons (Fsp3) is 0.0625. The molecule has 0 aliphatic carbocycles. The Morgan fingerprint density at radius 1 is 1.00 bits per heavy atom. The summed E-state index contributed by atoms with van der Waals surface area (Å²) in [7, 11) is -3.67. The summed E-state index contributed by atoms with van der Waals surface area (Å²) >= 11 is 0. The molecule has 1 N–H and O–H groups in total. The Balaban J connectivity index is 0.00000176. The molecule has 1 atom stereocenters. The van der Waals surface area contributed by atoms with Crippen molar-refractivity contribution in [2.45, 2.75) is 6.54 Å². The van der Waals surface area contributed by atoms with Gasteiger partial charge < -0.3 is 9.46 Å². The van der Waals surface area contributed by atoms with Crippen LogP contribution in [-0.2, 0) is 11.1 Å². The van der Waals surface area contributed by atoms with Gasteiger partial charge >= 0.3 is 29.6 Å². The molecule has 6 heteroatoms. The molecule has 0 saturated heterocycles. The molecule has 0 aliphatic rings. The Morgan fingerprint density at radius 3 is 2.23 bits per heavy atom. The third-order valence-electron chi connectivity index (χ3n) is 3.27. The van der Waals surface area contributed by atoms with Crippen LogP contribution in [0.25, 0.3) is 0 Å². The van der Waals surface area contributed by atoms with Gasteiger partial charge in [-0.1, -0.05) is 48.5 Å². The molecule has 3 aromatic rings. The molecule has 0 fully saturated rings.